The summed E-state index contributed by atoms with van der Waals surface area (Å²) in [6, 6.07) is 9.13. The van der Waals surface area contributed by atoms with Gasteiger partial charge in [0, 0.05) is 19.8 Å². The van der Waals surface area contributed by atoms with Gasteiger partial charge in [-0.15, -0.1) is 0 Å². The number of hydrogen-bond donors (Lipinski definition) is 1. The number of rotatable bonds is 4. The van der Waals surface area contributed by atoms with Crippen LogP contribution in [0.3, 0.4) is 0 Å². The SMILES string of the molecule is CC(CN)C1CCCCC1c1ccc(N(C)C)cc1. The van der Waals surface area contributed by atoms with Crippen molar-refractivity contribution < 1.29 is 0 Å². The van der Waals surface area contributed by atoms with Gasteiger partial charge in [-0.2, -0.15) is 0 Å². The fraction of sp³-hybridized carbons (Fsp3) is 0.647. The Morgan fingerprint density at radius 2 is 1.79 bits per heavy atom. The second kappa shape index (κ2) is 6.42. The fourth-order valence-corrected chi connectivity index (χ4v) is 3.45. The first-order valence-corrected chi connectivity index (χ1v) is 7.61. The lowest BCUT2D eigenvalue weighted by Crippen LogP contribution is -2.28. The normalized spacial score (nSPS) is 25.1. The van der Waals surface area contributed by atoms with E-state index in [0.717, 1.165) is 12.5 Å². The van der Waals surface area contributed by atoms with Crippen LogP contribution in [-0.2, 0) is 0 Å². The first kappa shape index (κ1) is 14.4. The smallest absolute Gasteiger partial charge is 0.0361 e. The van der Waals surface area contributed by atoms with Gasteiger partial charge in [-0.05, 0) is 54.8 Å². The van der Waals surface area contributed by atoms with E-state index in [1.807, 2.05) is 0 Å². The summed E-state index contributed by atoms with van der Waals surface area (Å²) in [6.45, 7) is 3.13. The molecule has 0 bridgehead atoms. The Bertz CT molecular complexity index is 383. The first-order valence-electron chi connectivity index (χ1n) is 7.61. The van der Waals surface area contributed by atoms with Gasteiger partial charge >= 0.3 is 0 Å². The van der Waals surface area contributed by atoms with Crippen molar-refractivity contribution >= 4 is 5.69 Å². The topological polar surface area (TPSA) is 29.3 Å². The highest BCUT2D eigenvalue weighted by Gasteiger charge is 2.29. The Kier molecular flexibility index (Phi) is 4.87. The van der Waals surface area contributed by atoms with Crippen molar-refractivity contribution in [2.24, 2.45) is 17.6 Å². The molecule has 106 valence electrons. The van der Waals surface area contributed by atoms with Crippen LogP contribution in [0.1, 0.15) is 44.1 Å². The summed E-state index contributed by atoms with van der Waals surface area (Å²) in [6.07, 6.45) is 5.42. The number of nitrogens with two attached hydrogens (primary N) is 1. The molecule has 0 heterocycles. The van der Waals surface area contributed by atoms with Crippen LogP contribution in [-0.4, -0.2) is 20.6 Å². The maximum Gasteiger partial charge on any atom is 0.0361 e. The minimum absolute atomic E-state index is 0.638. The molecule has 0 aromatic heterocycles. The van der Waals surface area contributed by atoms with Crippen LogP contribution in [0.4, 0.5) is 5.69 Å². The zero-order chi connectivity index (χ0) is 13.8. The zero-order valence-electron chi connectivity index (χ0n) is 12.6. The van der Waals surface area contributed by atoms with Crippen molar-refractivity contribution in [3.8, 4) is 0 Å². The van der Waals surface area contributed by atoms with Gasteiger partial charge in [0.1, 0.15) is 0 Å². The van der Waals surface area contributed by atoms with Crippen molar-refractivity contribution in [3.05, 3.63) is 29.8 Å². The van der Waals surface area contributed by atoms with Crippen LogP contribution in [0.5, 0.6) is 0 Å². The van der Waals surface area contributed by atoms with E-state index in [4.69, 9.17) is 5.73 Å². The molecule has 0 aliphatic heterocycles. The molecular formula is C17H28N2. The maximum absolute atomic E-state index is 5.90. The molecule has 3 atom stereocenters. The monoisotopic (exact) mass is 260 g/mol. The van der Waals surface area contributed by atoms with Gasteiger partial charge in [0.15, 0.2) is 0 Å². The van der Waals surface area contributed by atoms with Crippen LogP contribution >= 0.6 is 0 Å². The average Bonchev–Trinajstić information content (AvgIpc) is 2.46. The average molecular weight is 260 g/mol. The Labute approximate surface area is 118 Å². The minimum Gasteiger partial charge on any atom is -0.378 e. The third-order valence-corrected chi connectivity index (χ3v) is 4.76. The van der Waals surface area contributed by atoms with Crippen molar-refractivity contribution in [3.63, 3.8) is 0 Å². The van der Waals surface area contributed by atoms with Crippen LogP contribution in [0.25, 0.3) is 0 Å². The molecule has 2 N–H and O–H groups in total. The predicted octanol–water partition coefficient (Wildman–Crippen LogP) is 3.62. The molecule has 1 aliphatic rings. The Morgan fingerprint density at radius 3 is 2.37 bits per heavy atom. The third kappa shape index (κ3) is 3.30. The van der Waals surface area contributed by atoms with Crippen LogP contribution < -0.4 is 10.6 Å². The van der Waals surface area contributed by atoms with Crippen LogP contribution in [0, 0.1) is 11.8 Å². The van der Waals surface area contributed by atoms with E-state index in [0.29, 0.717) is 11.8 Å². The second-order valence-corrected chi connectivity index (χ2v) is 6.25. The molecule has 0 spiro atoms. The van der Waals surface area contributed by atoms with Gasteiger partial charge in [-0.1, -0.05) is 31.9 Å². The number of anilines is 1. The van der Waals surface area contributed by atoms with Crippen LogP contribution in [0.15, 0.2) is 24.3 Å². The lowest BCUT2D eigenvalue weighted by atomic mass is 9.70. The number of nitrogens with zero attached hydrogens (tertiary/aromatic N) is 1. The van der Waals surface area contributed by atoms with E-state index < -0.39 is 0 Å². The van der Waals surface area contributed by atoms with E-state index in [9.17, 15) is 0 Å². The van der Waals surface area contributed by atoms with Gasteiger partial charge in [-0.3, -0.25) is 0 Å². The second-order valence-electron chi connectivity index (χ2n) is 6.25. The van der Waals surface area contributed by atoms with E-state index in [-0.39, 0.29) is 0 Å². The quantitative estimate of drug-likeness (QED) is 0.896. The molecule has 3 unspecified atom stereocenters. The molecule has 2 heteroatoms. The molecule has 1 aromatic rings. The molecule has 2 nitrogen and oxygen atoms in total. The molecule has 0 saturated heterocycles. The van der Waals surface area contributed by atoms with Crippen molar-refractivity contribution in [2.75, 3.05) is 25.5 Å². The summed E-state index contributed by atoms with van der Waals surface area (Å²) in [4.78, 5) is 2.16. The molecule has 1 fully saturated rings. The maximum atomic E-state index is 5.90. The van der Waals surface area contributed by atoms with Gasteiger partial charge in [-0.25, -0.2) is 0 Å². The Balaban J connectivity index is 2.17. The minimum atomic E-state index is 0.638. The molecule has 2 rings (SSSR count). The van der Waals surface area contributed by atoms with Gasteiger partial charge in [0.25, 0.3) is 0 Å². The van der Waals surface area contributed by atoms with Crippen LogP contribution in [0.2, 0.25) is 0 Å². The predicted molar refractivity (Wildman–Crippen MR) is 83.7 cm³/mol. The lowest BCUT2D eigenvalue weighted by molar-refractivity contribution is 0.230. The summed E-state index contributed by atoms with van der Waals surface area (Å²) < 4.78 is 0. The first-order chi connectivity index (χ1) is 9.13. The van der Waals surface area contributed by atoms with Crippen molar-refractivity contribution in [2.45, 2.75) is 38.5 Å². The molecule has 0 radical (unpaired) electrons. The van der Waals surface area contributed by atoms with E-state index in [1.165, 1.54) is 36.9 Å². The highest BCUT2D eigenvalue weighted by molar-refractivity contribution is 5.46. The summed E-state index contributed by atoms with van der Waals surface area (Å²) >= 11 is 0. The standard InChI is InChI=1S/C17H28N2/c1-13(12-18)16-6-4-5-7-17(16)14-8-10-15(11-9-14)19(2)3/h8-11,13,16-17H,4-7,12,18H2,1-3H3. The van der Waals surface area contributed by atoms with Crippen molar-refractivity contribution in [1.82, 2.24) is 0 Å². The highest BCUT2D eigenvalue weighted by Crippen LogP contribution is 2.41. The van der Waals surface area contributed by atoms with Gasteiger partial charge in [0.2, 0.25) is 0 Å². The Hall–Kier alpha value is -1.02. The largest absolute Gasteiger partial charge is 0.378 e. The van der Waals surface area contributed by atoms with Gasteiger partial charge in [0.05, 0.1) is 0 Å². The lowest BCUT2D eigenvalue weighted by Gasteiger charge is -2.36. The van der Waals surface area contributed by atoms with E-state index in [1.54, 1.807) is 0 Å². The fourth-order valence-electron chi connectivity index (χ4n) is 3.45. The number of hydrogen-bond acceptors (Lipinski definition) is 2. The van der Waals surface area contributed by atoms with E-state index in [2.05, 4.69) is 50.2 Å². The zero-order valence-corrected chi connectivity index (χ0v) is 12.6. The third-order valence-electron chi connectivity index (χ3n) is 4.76. The summed E-state index contributed by atoms with van der Waals surface area (Å²) in [5.41, 5.74) is 8.69. The van der Waals surface area contributed by atoms with Gasteiger partial charge < -0.3 is 10.6 Å². The molecule has 0 amide bonds. The van der Waals surface area contributed by atoms with E-state index >= 15 is 0 Å². The molecule has 1 aromatic carbocycles. The Morgan fingerprint density at radius 1 is 1.16 bits per heavy atom. The number of benzene rings is 1. The summed E-state index contributed by atoms with van der Waals surface area (Å²) in [5.74, 6) is 2.12. The highest BCUT2D eigenvalue weighted by atomic mass is 15.1. The summed E-state index contributed by atoms with van der Waals surface area (Å²) in [5, 5.41) is 0. The van der Waals surface area contributed by atoms with Crippen molar-refractivity contribution in [1.29, 1.82) is 0 Å². The molecular weight excluding hydrogens is 232 g/mol. The molecule has 19 heavy (non-hydrogen) atoms. The summed E-state index contributed by atoms with van der Waals surface area (Å²) in [7, 11) is 4.18. The molecule has 1 saturated carbocycles. The molecule has 1 aliphatic carbocycles.